The standard InChI is InChI=1S/C15H13Cl2FO/c1-9-2-4-12(13(17)6-9)15(19)8-10-7-11(16)3-5-14(10)18/h2-7,15,19H,8H2,1H3. The van der Waals surface area contributed by atoms with Gasteiger partial charge in [0.1, 0.15) is 5.82 Å². The van der Waals surface area contributed by atoms with Gasteiger partial charge in [-0.1, -0.05) is 35.3 Å². The molecule has 19 heavy (non-hydrogen) atoms. The molecule has 0 aliphatic rings. The van der Waals surface area contributed by atoms with E-state index in [1.54, 1.807) is 12.1 Å². The number of aliphatic hydroxyl groups is 1. The van der Waals surface area contributed by atoms with Gasteiger partial charge >= 0.3 is 0 Å². The summed E-state index contributed by atoms with van der Waals surface area (Å²) >= 11 is 11.9. The molecule has 100 valence electrons. The van der Waals surface area contributed by atoms with Crippen LogP contribution in [-0.2, 0) is 6.42 Å². The molecule has 0 spiro atoms. The van der Waals surface area contributed by atoms with Crippen LogP contribution in [0.3, 0.4) is 0 Å². The largest absolute Gasteiger partial charge is 0.388 e. The Morgan fingerprint density at radius 2 is 1.89 bits per heavy atom. The van der Waals surface area contributed by atoms with Crippen molar-refractivity contribution < 1.29 is 9.50 Å². The van der Waals surface area contributed by atoms with Gasteiger partial charge in [0.2, 0.25) is 0 Å². The second kappa shape index (κ2) is 5.91. The first-order valence-corrected chi connectivity index (χ1v) is 6.61. The van der Waals surface area contributed by atoms with Gasteiger partial charge in [-0.15, -0.1) is 0 Å². The summed E-state index contributed by atoms with van der Waals surface area (Å²) in [4.78, 5) is 0. The van der Waals surface area contributed by atoms with Crippen LogP contribution < -0.4 is 0 Å². The molecule has 0 heterocycles. The predicted octanol–water partition coefficient (Wildman–Crippen LogP) is 4.72. The van der Waals surface area contributed by atoms with Gasteiger partial charge in [-0.3, -0.25) is 0 Å². The maximum Gasteiger partial charge on any atom is 0.126 e. The van der Waals surface area contributed by atoms with Gasteiger partial charge in [-0.2, -0.15) is 0 Å². The zero-order chi connectivity index (χ0) is 14.0. The molecule has 0 fully saturated rings. The lowest BCUT2D eigenvalue weighted by atomic mass is 10.00. The van der Waals surface area contributed by atoms with Crippen LogP contribution in [0.1, 0.15) is 22.8 Å². The highest BCUT2D eigenvalue weighted by atomic mass is 35.5. The van der Waals surface area contributed by atoms with Gasteiger partial charge in [-0.25, -0.2) is 4.39 Å². The summed E-state index contributed by atoms with van der Waals surface area (Å²) in [6.45, 7) is 1.92. The molecule has 0 saturated carbocycles. The Balaban J connectivity index is 2.25. The van der Waals surface area contributed by atoms with Crippen LogP contribution in [0, 0.1) is 12.7 Å². The third-order valence-electron chi connectivity index (χ3n) is 2.94. The van der Waals surface area contributed by atoms with Crippen molar-refractivity contribution in [3.05, 3.63) is 69.0 Å². The number of rotatable bonds is 3. The highest BCUT2D eigenvalue weighted by molar-refractivity contribution is 6.31. The number of benzene rings is 2. The Labute approximate surface area is 121 Å². The van der Waals surface area contributed by atoms with Crippen LogP contribution in [-0.4, -0.2) is 5.11 Å². The van der Waals surface area contributed by atoms with E-state index in [4.69, 9.17) is 23.2 Å². The molecular formula is C15H13Cl2FO. The summed E-state index contributed by atoms with van der Waals surface area (Å²) in [6, 6.07) is 9.67. The third-order valence-corrected chi connectivity index (χ3v) is 3.50. The molecule has 0 bridgehead atoms. The normalized spacial score (nSPS) is 12.5. The predicted molar refractivity (Wildman–Crippen MR) is 76.3 cm³/mol. The molecule has 4 heteroatoms. The van der Waals surface area contributed by atoms with Crippen LogP contribution in [0.5, 0.6) is 0 Å². The van der Waals surface area contributed by atoms with Gasteiger partial charge in [0.15, 0.2) is 0 Å². The van der Waals surface area contributed by atoms with E-state index >= 15 is 0 Å². The summed E-state index contributed by atoms with van der Waals surface area (Å²) in [7, 11) is 0. The van der Waals surface area contributed by atoms with E-state index in [-0.39, 0.29) is 12.2 Å². The fourth-order valence-electron chi connectivity index (χ4n) is 1.92. The molecule has 0 saturated heterocycles. The van der Waals surface area contributed by atoms with Crippen LogP contribution >= 0.6 is 23.2 Å². The first kappa shape index (κ1) is 14.3. The zero-order valence-electron chi connectivity index (χ0n) is 10.3. The van der Waals surface area contributed by atoms with E-state index in [1.165, 1.54) is 18.2 Å². The van der Waals surface area contributed by atoms with Crippen molar-refractivity contribution in [2.75, 3.05) is 0 Å². The summed E-state index contributed by atoms with van der Waals surface area (Å²) in [5, 5.41) is 11.1. The fourth-order valence-corrected chi connectivity index (χ4v) is 2.48. The second-order valence-electron chi connectivity index (χ2n) is 4.48. The van der Waals surface area contributed by atoms with Crippen molar-refractivity contribution >= 4 is 23.2 Å². The molecule has 2 aromatic rings. The molecule has 1 nitrogen and oxygen atoms in total. The van der Waals surface area contributed by atoms with E-state index < -0.39 is 6.10 Å². The van der Waals surface area contributed by atoms with Gasteiger partial charge < -0.3 is 5.11 Å². The minimum absolute atomic E-state index is 0.134. The fraction of sp³-hybridized carbons (Fsp3) is 0.200. The molecule has 0 aliphatic heterocycles. The van der Waals surface area contributed by atoms with Gasteiger partial charge in [0.25, 0.3) is 0 Å². The van der Waals surface area contributed by atoms with Crippen molar-refractivity contribution in [3.8, 4) is 0 Å². The molecule has 0 aromatic heterocycles. The molecule has 1 atom stereocenters. The van der Waals surface area contributed by atoms with Crippen molar-refractivity contribution in [1.29, 1.82) is 0 Å². The van der Waals surface area contributed by atoms with Crippen molar-refractivity contribution in [1.82, 2.24) is 0 Å². The molecule has 2 rings (SSSR count). The van der Waals surface area contributed by atoms with Gasteiger partial charge in [0.05, 0.1) is 6.10 Å². The Kier molecular flexibility index (Phi) is 4.46. The van der Waals surface area contributed by atoms with Crippen LogP contribution in [0.15, 0.2) is 36.4 Å². The Morgan fingerprint density at radius 3 is 2.58 bits per heavy atom. The summed E-state index contributed by atoms with van der Waals surface area (Å²) in [5.41, 5.74) is 1.97. The van der Waals surface area contributed by atoms with Gasteiger partial charge in [0, 0.05) is 16.5 Å². The monoisotopic (exact) mass is 298 g/mol. The van der Waals surface area contributed by atoms with E-state index in [1.807, 2.05) is 13.0 Å². The number of halogens is 3. The van der Waals surface area contributed by atoms with E-state index in [0.717, 1.165) is 5.56 Å². The number of hydrogen-bond acceptors (Lipinski definition) is 1. The number of aliphatic hydroxyl groups excluding tert-OH is 1. The van der Waals surface area contributed by atoms with Crippen LogP contribution in [0.2, 0.25) is 10.0 Å². The second-order valence-corrected chi connectivity index (χ2v) is 5.32. The Bertz CT molecular complexity index is 599. The van der Waals surface area contributed by atoms with Crippen LogP contribution in [0.4, 0.5) is 4.39 Å². The Hall–Kier alpha value is -1.09. The first-order chi connectivity index (χ1) is 8.97. The van der Waals surface area contributed by atoms with Crippen molar-refractivity contribution in [2.45, 2.75) is 19.4 Å². The maximum absolute atomic E-state index is 13.6. The molecule has 0 aliphatic carbocycles. The average Bonchev–Trinajstić information content (AvgIpc) is 2.33. The SMILES string of the molecule is Cc1ccc(C(O)Cc2cc(Cl)ccc2F)c(Cl)c1. The zero-order valence-corrected chi connectivity index (χ0v) is 11.8. The molecule has 0 amide bonds. The highest BCUT2D eigenvalue weighted by Crippen LogP contribution is 2.28. The minimum atomic E-state index is -0.860. The lowest BCUT2D eigenvalue weighted by Crippen LogP contribution is -2.04. The smallest absolute Gasteiger partial charge is 0.126 e. The maximum atomic E-state index is 13.6. The third kappa shape index (κ3) is 3.47. The van der Waals surface area contributed by atoms with Gasteiger partial charge in [-0.05, 0) is 47.9 Å². The first-order valence-electron chi connectivity index (χ1n) is 5.85. The van der Waals surface area contributed by atoms with E-state index in [0.29, 0.717) is 21.2 Å². The summed E-state index contributed by atoms with van der Waals surface area (Å²) in [6.07, 6.45) is -0.726. The van der Waals surface area contributed by atoms with Crippen molar-refractivity contribution in [2.24, 2.45) is 0 Å². The lowest BCUT2D eigenvalue weighted by Gasteiger charge is -2.14. The highest BCUT2D eigenvalue weighted by Gasteiger charge is 2.15. The minimum Gasteiger partial charge on any atom is -0.388 e. The molecule has 2 aromatic carbocycles. The summed E-state index contributed by atoms with van der Waals surface area (Å²) in [5.74, 6) is -0.383. The summed E-state index contributed by atoms with van der Waals surface area (Å²) < 4.78 is 13.6. The number of hydrogen-bond donors (Lipinski definition) is 1. The van der Waals surface area contributed by atoms with Crippen LogP contribution in [0.25, 0.3) is 0 Å². The van der Waals surface area contributed by atoms with E-state index in [9.17, 15) is 9.50 Å². The molecule has 0 radical (unpaired) electrons. The number of aryl methyl sites for hydroxylation is 1. The molecule has 1 N–H and O–H groups in total. The molecule has 1 unspecified atom stereocenters. The molecular weight excluding hydrogens is 286 g/mol. The average molecular weight is 299 g/mol. The Morgan fingerprint density at radius 1 is 1.16 bits per heavy atom. The van der Waals surface area contributed by atoms with Crippen molar-refractivity contribution in [3.63, 3.8) is 0 Å². The quantitative estimate of drug-likeness (QED) is 0.869. The lowest BCUT2D eigenvalue weighted by molar-refractivity contribution is 0.177. The van der Waals surface area contributed by atoms with E-state index in [2.05, 4.69) is 0 Å². The topological polar surface area (TPSA) is 20.2 Å².